The number of aromatic nitrogens is 4. The number of amides is 2. The van der Waals surface area contributed by atoms with Crippen molar-refractivity contribution in [3.05, 3.63) is 41.4 Å². The van der Waals surface area contributed by atoms with E-state index >= 15 is 0 Å². The molecule has 5 rings (SSSR count). The van der Waals surface area contributed by atoms with E-state index in [9.17, 15) is 19.8 Å². The first-order valence-corrected chi connectivity index (χ1v) is 13.6. The van der Waals surface area contributed by atoms with Gasteiger partial charge >= 0.3 is 6.09 Å². The molecule has 1 aromatic carbocycles. The van der Waals surface area contributed by atoms with E-state index in [0.717, 1.165) is 12.8 Å². The average molecular weight is 584 g/mol. The summed E-state index contributed by atoms with van der Waals surface area (Å²) in [7, 11) is 0. The van der Waals surface area contributed by atoms with Crippen LogP contribution >= 0.6 is 11.6 Å². The highest BCUT2D eigenvalue weighted by atomic mass is 35.5. The van der Waals surface area contributed by atoms with Gasteiger partial charge in [0.15, 0.2) is 29.5 Å². The quantitative estimate of drug-likeness (QED) is 0.321. The third-order valence-corrected chi connectivity index (χ3v) is 7.38. The Morgan fingerprint density at radius 3 is 2.71 bits per heavy atom. The number of carbonyl (C=O) groups is 2. The highest BCUT2D eigenvalue weighted by Crippen LogP contribution is 2.32. The second-order valence-corrected chi connectivity index (χ2v) is 10.2. The molecule has 216 valence electrons. The predicted molar refractivity (Wildman–Crippen MR) is 148 cm³/mol. The van der Waals surface area contributed by atoms with Gasteiger partial charge in [0.25, 0.3) is 5.91 Å². The number of para-hydroxylation sites is 1. The van der Waals surface area contributed by atoms with Crippen LogP contribution in [-0.2, 0) is 9.53 Å². The standard InChI is InChI=1S/C27H30ClN7O6/c1-2-30-25(38)22-20(36)21(37)26(41-22)35-14-31-19-23(29)32-18(33-24(19)35)9-5-6-15-10-12-34(13-11-15)27(39)40-17-8-4-3-7-16(17)28/h3-4,7-8,14-15,20-22,26,36-37H,2,6,10-13H2,1H3,(H,30,38)(H2,29,32,33)/t20-,21+,22-,26+/m0/s1. The minimum atomic E-state index is -1.44. The fourth-order valence-corrected chi connectivity index (χ4v) is 5.02. The lowest BCUT2D eigenvalue weighted by Crippen LogP contribution is -2.42. The Hall–Kier alpha value is -3.96. The molecule has 4 atom stereocenters. The lowest BCUT2D eigenvalue weighted by Gasteiger charge is -2.30. The van der Waals surface area contributed by atoms with Gasteiger partial charge < -0.3 is 35.6 Å². The lowest BCUT2D eigenvalue weighted by molar-refractivity contribution is -0.137. The number of nitrogens with one attached hydrogen (secondary N) is 1. The summed E-state index contributed by atoms with van der Waals surface area (Å²) in [4.78, 5) is 39.3. The number of likely N-dealkylation sites (tertiary alicyclic amines) is 1. The van der Waals surface area contributed by atoms with Crippen LogP contribution in [0.25, 0.3) is 11.2 Å². The number of anilines is 1. The molecule has 0 radical (unpaired) electrons. The maximum Gasteiger partial charge on any atom is 0.415 e. The largest absolute Gasteiger partial charge is 0.415 e. The number of carbonyl (C=O) groups excluding carboxylic acids is 2. The molecular formula is C27H30ClN7O6. The minimum Gasteiger partial charge on any atom is -0.409 e. The van der Waals surface area contributed by atoms with Crippen molar-refractivity contribution in [3.63, 3.8) is 0 Å². The summed E-state index contributed by atoms with van der Waals surface area (Å²) in [5.41, 5.74) is 6.63. The van der Waals surface area contributed by atoms with E-state index in [1.807, 2.05) is 0 Å². The van der Waals surface area contributed by atoms with Gasteiger partial charge in [-0.3, -0.25) is 9.36 Å². The number of nitrogen functional groups attached to an aromatic ring is 1. The van der Waals surface area contributed by atoms with Gasteiger partial charge in [-0.15, -0.1) is 0 Å². The molecule has 0 saturated carbocycles. The third kappa shape index (κ3) is 6.06. The number of halogens is 1. The van der Waals surface area contributed by atoms with Gasteiger partial charge in [-0.2, -0.15) is 0 Å². The van der Waals surface area contributed by atoms with Crippen LogP contribution in [0.5, 0.6) is 5.75 Å². The number of fused-ring (bicyclic) bond motifs is 1. The summed E-state index contributed by atoms with van der Waals surface area (Å²) in [5.74, 6) is 6.36. The molecule has 2 fully saturated rings. The van der Waals surface area contributed by atoms with E-state index in [-0.39, 0.29) is 28.7 Å². The molecule has 13 nitrogen and oxygen atoms in total. The minimum absolute atomic E-state index is 0.0942. The predicted octanol–water partition coefficient (Wildman–Crippen LogP) is 1.47. The summed E-state index contributed by atoms with van der Waals surface area (Å²) in [5, 5.41) is 23.9. The van der Waals surface area contributed by atoms with Crippen LogP contribution in [0, 0.1) is 17.8 Å². The van der Waals surface area contributed by atoms with Crippen LogP contribution in [-0.4, -0.2) is 84.6 Å². The second kappa shape index (κ2) is 12.3. The number of imidazole rings is 1. The highest BCUT2D eigenvalue weighted by molar-refractivity contribution is 6.32. The number of rotatable bonds is 5. The Bertz CT molecular complexity index is 1500. The van der Waals surface area contributed by atoms with Crippen LogP contribution in [0.3, 0.4) is 0 Å². The van der Waals surface area contributed by atoms with Crippen molar-refractivity contribution in [2.75, 3.05) is 25.4 Å². The number of ether oxygens (including phenoxy) is 2. The van der Waals surface area contributed by atoms with Crippen LogP contribution in [0.2, 0.25) is 5.02 Å². The van der Waals surface area contributed by atoms with Crippen LogP contribution in [0.15, 0.2) is 30.6 Å². The Kier molecular flexibility index (Phi) is 8.55. The van der Waals surface area contributed by atoms with Crippen molar-refractivity contribution in [1.29, 1.82) is 0 Å². The highest BCUT2D eigenvalue weighted by Gasteiger charge is 2.47. The molecule has 4 heterocycles. The van der Waals surface area contributed by atoms with Gasteiger partial charge in [-0.05, 0) is 43.7 Å². The SMILES string of the molecule is CCNC(=O)[C@H]1O[C@@H](n2cnc3c(N)nc(C#CCC4CCN(C(=O)Oc5ccccc5Cl)CC4)nc32)[C@H](O)[C@@H]1O. The monoisotopic (exact) mass is 583 g/mol. The Morgan fingerprint density at radius 1 is 1.22 bits per heavy atom. The van der Waals surface area contributed by atoms with Crippen molar-refractivity contribution in [2.24, 2.45) is 5.92 Å². The molecule has 2 aliphatic heterocycles. The Balaban J connectivity index is 1.22. The number of piperidine rings is 1. The zero-order valence-corrected chi connectivity index (χ0v) is 23.0. The Morgan fingerprint density at radius 2 is 1.98 bits per heavy atom. The molecule has 2 aromatic heterocycles. The third-order valence-electron chi connectivity index (χ3n) is 7.07. The molecule has 3 aromatic rings. The van der Waals surface area contributed by atoms with Crippen molar-refractivity contribution < 1.29 is 29.3 Å². The molecular weight excluding hydrogens is 554 g/mol. The fourth-order valence-electron chi connectivity index (χ4n) is 4.84. The average Bonchev–Trinajstić information content (AvgIpc) is 3.51. The molecule has 5 N–H and O–H groups in total. The normalized spacial score (nSPS) is 22.8. The summed E-state index contributed by atoms with van der Waals surface area (Å²) < 4.78 is 12.5. The van der Waals surface area contributed by atoms with Crippen molar-refractivity contribution in [2.45, 2.75) is 50.7 Å². The second-order valence-electron chi connectivity index (χ2n) is 9.81. The number of nitrogens with two attached hydrogens (primary N) is 1. The smallest absolute Gasteiger partial charge is 0.409 e. The van der Waals surface area contributed by atoms with Gasteiger partial charge in [0.05, 0.1) is 11.3 Å². The molecule has 41 heavy (non-hydrogen) atoms. The first kappa shape index (κ1) is 28.6. The summed E-state index contributed by atoms with van der Waals surface area (Å²) in [6, 6.07) is 6.83. The van der Waals surface area contributed by atoms with Gasteiger partial charge in [0, 0.05) is 26.1 Å². The molecule has 0 bridgehead atoms. The number of nitrogens with zero attached hydrogens (tertiary/aromatic N) is 5. The number of likely N-dealkylation sites (N-methyl/N-ethyl adjacent to an activating group) is 1. The molecule has 14 heteroatoms. The lowest BCUT2D eigenvalue weighted by atomic mass is 9.94. The van der Waals surface area contributed by atoms with Crippen LogP contribution in [0.4, 0.5) is 10.6 Å². The molecule has 2 amide bonds. The van der Waals surface area contributed by atoms with Crippen LogP contribution < -0.4 is 15.8 Å². The van der Waals surface area contributed by atoms with E-state index < -0.39 is 36.5 Å². The summed E-state index contributed by atoms with van der Waals surface area (Å²) in [6.45, 7) is 3.16. The molecule has 0 spiro atoms. The summed E-state index contributed by atoms with van der Waals surface area (Å²) in [6.07, 6.45) is -2.21. The van der Waals surface area contributed by atoms with E-state index in [1.165, 1.54) is 10.9 Å². The first-order valence-electron chi connectivity index (χ1n) is 13.3. The van der Waals surface area contributed by atoms with Crippen LogP contribution in [0.1, 0.15) is 38.2 Å². The van der Waals surface area contributed by atoms with Gasteiger partial charge in [0.1, 0.15) is 17.7 Å². The molecule has 0 unspecified atom stereocenters. The van der Waals surface area contributed by atoms with Crippen molar-refractivity contribution in [1.82, 2.24) is 29.7 Å². The number of hydrogen-bond donors (Lipinski definition) is 4. The number of aliphatic hydroxyl groups excluding tert-OH is 2. The number of aliphatic hydroxyl groups is 2. The maximum atomic E-state index is 12.5. The molecule has 2 saturated heterocycles. The number of benzene rings is 1. The van der Waals surface area contributed by atoms with Gasteiger partial charge in [-0.1, -0.05) is 29.7 Å². The first-order chi connectivity index (χ1) is 19.8. The zero-order chi connectivity index (χ0) is 29.1. The molecule has 0 aliphatic carbocycles. The number of hydrogen-bond acceptors (Lipinski definition) is 10. The van der Waals surface area contributed by atoms with Crippen molar-refractivity contribution in [3.8, 4) is 17.6 Å². The van der Waals surface area contributed by atoms with Gasteiger partial charge in [-0.25, -0.2) is 19.7 Å². The topological polar surface area (TPSA) is 178 Å². The van der Waals surface area contributed by atoms with E-state index in [1.54, 1.807) is 36.1 Å². The van der Waals surface area contributed by atoms with Gasteiger partial charge in [0.2, 0.25) is 5.82 Å². The summed E-state index contributed by atoms with van der Waals surface area (Å²) >= 11 is 6.08. The van der Waals surface area contributed by atoms with E-state index in [0.29, 0.717) is 36.8 Å². The van der Waals surface area contributed by atoms with Crippen molar-refractivity contribution >= 4 is 40.6 Å². The maximum absolute atomic E-state index is 12.5. The van der Waals surface area contributed by atoms with E-state index in [4.69, 9.17) is 26.8 Å². The molecule has 2 aliphatic rings. The zero-order valence-electron chi connectivity index (χ0n) is 22.2. The Labute approximate surface area is 240 Å². The van der Waals surface area contributed by atoms with E-state index in [2.05, 4.69) is 32.1 Å². The fraction of sp³-hybridized carbons (Fsp3) is 0.444.